The summed E-state index contributed by atoms with van der Waals surface area (Å²) in [5.41, 5.74) is 3.95. The third-order valence-corrected chi connectivity index (χ3v) is 10.1. The van der Waals surface area contributed by atoms with Gasteiger partial charge in [0.25, 0.3) is 0 Å². The number of rotatable bonds is 8. The van der Waals surface area contributed by atoms with Crippen LogP contribution in [-0.2, 0) is 15.8 Å². The topological polar surface area (TPSA) is 75.2 Å². The number of fused-ring (bicyclic) bond motifs is 1. The standard InChI is InChI=1S/C27H33N4O2P/c1-5-15-34(33,16-6-2)22-13-11-21(12-14-22)29-27-28-18-20-17-24(23-10-8-7-9-19(23)3)26(32)31(4)25(20)30-27/h7-14,18,24H,5-6,15-17H2,1-4H3,(H,28,29,30). The number of carbonyl (C=O) groups is 1. The number of aryl methyl sites for hydroxylation is 1. The summed E-state index contributed by atoms with van der Waals surface area (Å²) >= 11 is 0. The molecule has 0 spiro atoms. The Bertz CT molecular complexity index is 1220. The van der Waals surface area contributed by atoms with E-state index in [0.717, 1.165) is 52.8 Å². The molecule has 6 nitrogen and oxygen atoms in total. The van der Waals surface area contributed by atoms with Gasteiger partial charge in [-0.15, -0.1) is 0 Å². The highest BCUT2D eigenvalue weighted by molar-refractivity contribution is 7.71. The average Bonchev–Trinajstić information content (AvgIpc) is 2.83. The molecule has 4 rings (SSSR count). The molecular weight excluding hydrogens is 443 g/mol. The van der Waals surface area contributed by atoms with E-state index in [9.17, 15) is 9.36 Å². The van der Waals surface area contributed by atoms with Crippen molar-refractivity contribution in [3.8, 4) is 0 Å². The Labute approximate surface area is 202 Å². The van der Waals surface area contributed by atoms with Crippen LogP contribution in [0, 0.1) is 6.92 Å². The molecule has 7 heteroatoms. The van der Waals surface area contributed by atoms with E-state index in [0.29, 0.717) is 18.2 Å². The number of nitrogens with zero attached hydrogens (tertiary/aromatic N) is 3. The zero-order chi connectivity index (χ0) is 24.3. The number of hydrogen-bond donors (Lipinski definition) is 1. The van der Waals surface area contributed by atoms with Crippen LogP contribution in [0.2, 0.25) is 0 Å². The molecule has 0 saturated carbocycles. The number of aromatic nitrogens is 2. The third-order valence-electron chi connectivity index (χ3n) is 6.54. The lowest BCUT2D eigenvalue weighted by Crippen LogP contribution is -2.38. The molecule has 1 aromatic heterocycles. The third kappa shape index (κ3) is 4.78. The lowest BCUT2D eigenvalue weighted by molar-refractivity contribution is -0.120. The Hall–Kier alpha value is -2.98. The first-order valence-electron chi connectivity index (χ1n) is 12.0. The Balaban J connectivity index is 1.55. The Morgan fingerprint density at radius 1 is 1.06 bits per heavy atom. The highest BCUT2D eigenvalue weighted by Crippen LogP contribution is 2.45. The Morgan fingerprint density at radius 2 is 1.74 bits per heavy atom. The molecule has 1 unspecified atom stereocenters. The van der Waals surface area contributed by atoms with Crippen molar-refractivity contribution in [2.45, 2.75) is 46.0 Å². The fourth-order valence-electron chi connectivity index (χ4n) is 4.80. The molecule has 178 valence electrons. The van der Waals surface area contributed by atoms with Crippen LogP contribution in [0.1, 0.15) is 49.3 Å². The van der Waals surface area contributed by atoms with Gasteiger partial charge in [0.15, 0.2) is 0 Å². The van der Waals surface area contributed by atoms with Gasteiger partial charge in [0.2, 0.25) is 11.9 Å². The predicted octanol–water partition coefficient (Wildman–Crippen LogP) is 5.64. The maximum Gasteiger partial charge on any atom is 0.235 e. The molecule has 0 radical (unpaired) electrons. The van der Waals surface area contributed by atoms with Gasteiger partial charge in [-0.1, -0.05) is 38.1 Å². The smallest absolute Gasteiger partial charge is 0.235 e. The van der Waals surface area contributed by atoms with E-state index in [1.54, 1.807) is 11.9 Å². The second-order valence-corrected chi connectivity index (χ2v) is 12.3. The first kappa shape index (κ1) is 24.2. The molecule has 1 aliphatic rings. The lowest BCUT2D eigenvalue weighted by atomic mass is 9.86. The minimum atomic E-state index is -2.34. The van der Waals surface area contributed by atoms with Crippen LogP contribution in [0.4, 0.5) is 17.5 Å². The van der Waals surface area contributed by atoms with Gasteiger partial charge in [0.1, 0.15) is 13.0 Å². The van der Waals surface area contributed by atoms with Gasteiger partial charge < -0.3 is 9.88 Å². The maximum atomic E-state index is 13.4. The van der Waals surface area contributed by atoms with Crippen molar-refractivity contribution in [1.82, 2.24) is 9.97 Å². The monoisotopic (exact) mass is 476 g/mol. The minimum absolute atomic E-state index is 0.0402. The summed E-state index contributed by atoms with van der Waals surface area (Å²) in [7, 11) is -0.569. The van der Waals surface area contributed by atoms with Crippen molar-refractivity contribution < 1.29 is 9.36 Å². The second-order valence-electron chi connectivity index (χ2n) is 9.06. The summed E-state index contributed by atoms with van der Waals surface area (Å²) in [6.45, 7) is 6.20. The van der Waals surface area contributed by atoms with Gasteiger partial charge in [-0.05, 0) is 61.6 Å². The SMILES string of the molecule is CCCP(=O)(CCC)c1ccc(Nc2ncc3c(n2)N(C)C(=O)C(c2ccccc2C)C3)cc1. The molecule has 1 amide bonds. The summed E-state index contributed by atoms with van der Waals surface area (Å²) in [5.74, 6) is 0.888. The van der Waals surface area contributed by atoms with Crippen molar-refractivity contribution in [3.05, 3.63) is 71.4 Å². The van der Waals surface area contributed by atoms with Crippen molar-refractivity contribution in [3.63, 3.8) is 0 Å². The van der Waals surface area contributed by atoms with Gasteiger partial charge in [-0.2, -0.15) is 4.98 Å². The van der Waals surface area contributed by atoms with Crippen LogP contribution in [0.5, 0.6) is 0 Å². The lowest BCUT2D eigenvalue weighted by Gasteiger charge is -2.31. The van der Waals surface area contributed by atoms with Gasteiger partial charge in [-0.3, -0.25) is 9.69 Å². The molecule has 0 saturated heterocycles. The molecule has 2 heterocycles. The second kappa shape index (κ2) is 10.1. The fourth-order valence-corrected chi connectivity index (χ4v) is 7.67. The molecule has 1 N–H and O–H groups in total. The van der Waals surface area contributed by atoms with E-state index in [1.165, 1.54) is 0 Å². The van der Waals surface area contributed by atoms with Gasteiger partial charge in [0.05, 0.1) is 5.92 Å². The van der Waals surface area contributed by atoms with Crippen molar-refractivity contribution >= 4 is 35.8 Å². The van der Waals surface area contributed by atoms with Gasteiger partial charge in [0, 0.05) is 42.1 Å². The van der Waals surface area contributed by atoms with Crippen LogP contribution in [0.25, 0.3) is 0 Å². The number of hydrogen-bond acceptors (Lipinski definition) is 5. The summed E-state index contributed by atoms with van der Waals surface area (Å²) < 4.78 is 13.4. The first-order valence-corrected chi connectivity index (χ1v) is 14.1. The first-order chi connectivity index (χ1) is 16.4. The van der Waals surface area contributed by atoms with E-state index >= 15 is 0 Å². The summed E-state index contributed by atoms with van der Waals surface area (Å²) in [6.07, 6.45) is 5.71. The van der Waals surface area contributed by atoms with Crippen LogP contribution in [0.15, 0.2) is 54.7 Å². The molecule has 1 aliphatic heterocycles. The highest BCUT2D eigenvalue weighted by Gasteiger charge is 2.34. The molecule has 1 atom stereocenters. The van der Waals surface area contributed by atoms with Gasteiger partial charge >= 0.3 is 0 Å². The normalized spacial score (nSPS) is 15.8. The fraction of sp³-hybridized carbons (Fsp3) is 0.370. The summed E-state index contributed by atoms with van der Waals surface area (Å²) in [4.78, 5) is 24.0. The van der Waals surface area contributed by atoms with Crippen LogP contribution in [0.3, 0.4) is 0 Å². The molecule has 0 fully saturated rings. The van der Waals surface area contributed by atoms with E-state index in [-0.39, 0.29) is 11.8 Å². The maximum absolute atomic E-state index is 13.4. The van der Waals surface area contributed by atoms with E-state index in [4.69, 9.17) is 0 Å². The van der Waals surface area contributed by atoms with Crippen LogP contribution in [-0.4, -0.2) is 35.2 Å². The zero-order valence-corrected chi connectivity index (χ0v) is 21.3. The molecule has 2 aromatic carbocycles. The van der Waals surface area contributed by atoms with Crippen molar-refractivity contribution in [2.75, 3.05) is 29.6 Å². The summed E-state index contributed by atoms with van der Waals surface area (Å²) in [5, 5.41) is 4.17. The molecule has 3 aromatic rings. The molecule has 0 aliphatic carbocycles. The number of nitrogens with one attached hydrogen (secondary N) is 1. The number of anilines is 3. The van der Waals surface area contributed by atoms with Gasteiger partial charge in [-0.25, -0.2) is 4.98 Å². The number of carbonyl (C=O) groups excluding carboxylic acids is 1. The largest absolute Gasteiger partial charge is 0.324 e. The number of amides is 1. The number of likely N-dealkylation sites (N-methyl/N-ethyl adjacent to an activating group) is 1. The van der Waals surface area contributed by atoms with E-state index in [1.807, 2.05) is 61.7 Å². The van der Waals surface area contributed by atoms with Crippen molar-refractivity contribution in [1.29, 1.82) is 0 Å². The van der Waals surface area contributed by atoms with Crippen molar-refractivity contribution in [2.24, 2.45) is 0 Å². The van der Waals surface area contributed by atoms with Crippen LogP contribution < -0.4 is 15.5 Å². The molecular formula is C27H33N4O2P. The average molecular weight is 477 g/mol. The number of benzene rings is 2. The predicted molar refractivity (Wildman–Crippen MR) is 140 cm³/mol. The minimum Gasteiger partial charge on any atom is -0.324 e. The molecule has 34 heavy (non-hydrogen) atoms. The summed E-state index contributed by atoms with van der Waals surface area (Å²) in [6, 6.07) is 15.8. The zero-order valence-electron chi connectivity index (χ0n) is 20.4. The Morgan fingerprint density at radius 3 is 2.38 bits per heavy atom. The van der Waals surface area contributed by atoms with Crippen LogP contribution >= 0.6 is 7.14 Å². The molecule has 0 bridgehead atoms. The van der Waals surface area contributed by atoms with E-state index < -0.39 is 7.14 Å². The van der Waals surface area contributed by atoms with E-state index in [2.05, 4.69) is 29.1 Å². The Kier molecular flexibility index (Phi) is 7.18. The quantitative estimate of drug-likeness (QED) is 0.426. The highest BCUT2D eigenvalue weighted by atomic mass is 31.2.